The smallest absolute Gasteiger partial charge is 0.272 e. The van der Waals surface area contributed by atoms with Crippen LogP contribution >= 0.6 is 0 Å². The second kappa shape index (κ2) is 10.7. The van der Waals surface area contributed by atoms with Crippen molar-refractivity contribution in [3.63, 3.8) is 0 Å². The maximum absolute atomic E-state index is 13.0. The standard InChI is InChI=1S/C26H25N3O3/c1-18-10-6-7-13-21(18)16-24(28-19(2)30)26(32)29-23-15-9-8-14-22(23)25(31)27-17-20-11-4-3-5-12-20/h3-16H,17H2,1-2H3,(H,27,31)(H,28,30)(H,29,32). The molecule has 0 aliphatic heterocycles. The van der Waals surface area contributed by atoms with Gasteiger partial charge in [0.1, 0.15) is 5.70 Å². The van der Waals surface area contributed by atoms with Gasteiger partial charge in [0.2, 0.25) is 5.91 Å². The minimum Gasteiger partial charge on any atom is -0.348 e. The number of hydrogen-bond acceptors (Lipinski definition) is 3. The molecule has 3 rings (SSSR count). The van der Waals surface area contributed by atoms with Crippen molar-refractivity contribution in [3.05, 3.63) is 107 Å². The Labute approximate surface area is 187 Å². The van der Waals surface area contributed by atoms with E-state index in [9.17, 15) is 14.4 Å². The van der Waals surface area contributed by atoms with E-state index in [1.807, 2.05) is 61.5 Å². The summed E-state index contributed by atoms with van der Waals surface area (Å²) in [6, 6.07) is 23.8. The summed E-state index contributed by atoms with van der Waals surface area (Å²) in [7, 11) is 0. The van der Waals surface area contributed by atoms with Gasteiger partial charge in [0.15, 0.2) is 0 Å². The van der Waals surface area contributed by atoms with Crippen LogP contribution in [0.5, 0.6) is 0 Å². The van der Waals surface area contributed by atoms with E-state index < -0.39 is 5.91 Å². The molecular weight excluding hydrogens is 402 g/mol. The fourth-order valence-electron chi connectivity index (χ4n) is 3.11. The lowest BCUT2D eigenvalue weighted by molar-refractivity contribution is -0.120. The van der Waals surface area contributed by atoms with Crippen LogP contribution in [0.25, 0.3) is 6.08 Å². The maximum atomic E-state index is 13.0. The number of rotatable bonds is 7. The van der Waals surface area contributed by atoms with Crippen molar-refractivity contribution in [3.8, 4) is 0 Å². The maximum Gasteiger partial charge on any atom is 0.272 e. The van der Waals surface area contributed by atoms with Gasteiger partial charge < -0.3 is 16.0 Å². The van der Waals surface area contributed by atoms with E-state index in [0.717, 1.165) is 16.7 Å². The molecule has 32 heavy (non-hydrogen) atoms. The van der Waals surface area contributed by atoms with E-state index in [4.69, 9.17) is 0 Å². The summed E-state index contributed by atoms with van der Waals surface area (Å²) in [5.74, 6) is -1.20. The van der Waals surface area contributed by atoms with Crippen molar-refractivity contribution in [1.82, 2.24) is 10.6 Å². The highest BCUT2D eigenvalue weighted by Crippen LogP contribution is 2.17. The molecule has 0 fully saturated rings. The Kier molecular flexibility index (Phi) is 7.54. The molecule has 0 spiro atoms. The molecule has 0 unspecified atom stereocenters. The highest BCUT2D eigenvalue weighted by atomic mass is 16.2. The molecule has 0 atom stereocenters. The lowest BCUT2D eigenvalue weighted by Gasteiger charge is -2.14. The molecule has 0 heterocycles. The quantitative estimate of drug-likeness (QED) is 0.497. The van der Waals surface area contributed by atoms with Gasteiger partial charge >= 0.3 is 0 Å². The summed E-state index contributed by atoms with van der Waals surface area (Å²) in [6.07, 6.45) is 1.62. The Morgan fingerprint density at radius 1 is 0.844 bits per heavy atom. The first-order valence-electron chi connectivity index (χ1n) is 10.2. The molecule has 0 aliphatic rings. The number of anilines is 1. The fraction of sp³-hybridized carbons (Fsp3) is 0.115. The largest absolute Gasteiger partial charge is 0.348 e. The fourth-order valence-corrected chi connectivity index (χ4v) is 3.11. The molecule has 0 saturated heterocycles. The number of aryl methyl sites for hydroxylation is 1. The first-order chi connectivity index (χ1) is 15.4. The van der Waals surface area contributed by atoms with Gasteiger partial charge in [-0.15, -0.1) is 0 Å². The number of para-hydroxylation sites is 1. The molecule has 0 aromatic heterocycles. The highest BCUT2D eigenvalue weighted by molar-refractivity contribution is 6.11. The van der Waals surface area contributed by atoms with Gasteiger partial charge in [0.25, 0.3) is 11.8 Å². The SMILES string of the molecule is CC(=O)NC(=Cc1ccccc1C)C(=O)Nc1ccccc1C(=O)NCc1ccccc1. The Bertz CT molecular complexity index is 1150. The van der Waals surface area contributed by atoms with Crippen LogP contribution < -0.4 is 16.0 Å². The Morgan fingerprint density at radius 3 is 2.22 bits per heavy atom. The van der Waals surface area contributed by atoms with Gasteiger partial charge in [-0.05, 0) is 41.8 Å². The molecule has 6 heteroatoms. The number of hydrogen-bond donors (Lipinski definition) is 3. The average Bonchev–Trinajstić information content (AvgIpc) is 2.79. The number of benzene rings is 3. The van der Waals surface area contributed by atoms with Gasteiger partial charge in [0.05, 0.1) is 11.3 Å². The highest BCUT2D eigenvalue weighted by Gasteiger charge is 2.17. The minimum atomic E-state index is -0.522. The lowest BCUT2D eigenvalue weighted by Crippen LogP contribution is -2.30. The molecule has 0 saturated carbocycles. The van der Waals surface area contributed by atoms with E-state index in [1.54, 1.807) is 30.3 Å². The van der Waals surface area contributed by atoms with E-state index in [-0.39, 0.29) is 17.5 Å². The van der Waals surface area contributed by atoms with Crippen LogP contribution in [-0.4, -0.2) is 17.7 Å². The first kappa shape index (κ1) is 22.5. The predicted molar refractivity (Wildman–Crippen MR) is 126 cm³/mol. The zero-order valence-electron chi connectivity index (χ0n) is 18.0. The van der Waals surface area contributed by atoms with Crippen LogP contribution in [0.1, 0.15) is 34.0 Å². The number of amides is 3. The minimum absolute atomic E-state index is 0.0892. The summed E-state index contributed by atoms with van der Waals surface area (Å²) in [5, 5.41) is 8.20. The zero-order valence-corrected chi connectivity index (χ0v) is 18.0. The molecule has 162 valence electrons. The molecule has 3 aromatic rings. The normalized spacial score (nSPS) is 10.9. The van der Waals surface area contributed by atoms with Gasteiger partial charge in [0, 0.05) is 13.5 Å². The van der Waals surface area contributed by atoms with Crippen LogP contribution in [0.15, 0.2) is 84.6 Å². The summed E-state index contributed by atoms with van der Waals surface area (Å²) >= 11 is 0. The van der Waals surface area contributed by atoms with Crippen molar-refractivity contribution in [2.75, 3.05) is 5.32 Å². The first-order valence-corrected chi connectivity index (χ1v) is 10.2. The summed E-state index contributed by atoms with van der Waals surface area (Å²) < 4.78 is 0. The Hall–Kier alpha value is -4.19. The third kappa shape index (κ3) is 6.15. The van der Waals surface area contributed by atoms with Gasteiger partial charge in [-0.2, -0.15) is 0 Å². The molecule has 0 aliphatic carbocycles. The molecule has 6 nitrogen and oxygen atoms in total. The van der Waals surface area contributed by atoms with Crippen molar-refractivity contribution in [2.24, 2.45) is 0 Å². The van der Waals surface area contributed by atoms with Gasteiger partial charge in [-0.1, -0.05) is 66.7 Å². The lowest BCUT2D eigenvalue weighted by atomic mass is 10.1. The monoisotopic (exact) mass is 427 g/mol. The van der Waals surface area contributed by atoms with Crippen molar-refractivity contribution in [2.45, 2.75) is 20.4 Å². The Morgan fingerprint density at radius 2 is 1.50 bits per heavy atom. The third-order valence-corrected chi connectivity index (χ3v) is 4.76. The van der Waals surface area contributed by atoms with Gasteiger partial charge in [-0.3, -0.25) is 14.4 Å². The topological polar surface area (TPSA) is 87.3 Å². The summed E-state index contributed by atoms with van der Waals surface area (Å²) in [6.45, 7) is 3.62. The number of nitrogens with one attached hydrogen (secondary N) is 3. The molecule has 3 amide bonds. The summed E-state index contributed by atoms with van der Waals surface area (Å²) in [5.41, 5.74) is 3.51. The zero-order chi connectivity index (χ0) is 22.9. The average molecular weight is 428 g/mol. The van der Waals surface area contributed by atoms with E-state index >= 15 is 0 Å². The molecular formula is C26H25N3O3. The second-order valence-corrected chi connectivity index (χ2v) is 7.26. The van der Waals surface area contributed by atoms with Crippen molar-refractivity contribution >= 4 is 29.5 Å². The molecule has 0 radical (unpaired) electrons. The van der Waals surface area contributed by atoms with E-state index in [1.165, 1.54) is 6.92 Å². The van der Waals surface area contributed by atoms with Crippen LogP contribution in [0.2, 0.25) is 0 Å². The predicted octanol–water partition coefficient (Wildman–Crippen LogP) is 4.04. The van der Waals surface area contributed by atoms with Gasteiger partial charge in [-0.25, -0.2) is 0 Å². The van der Waals surface area contributed by atoms with Crippen molar-refractivity contribution in [1.29, 1.82) is 0 Å². The molecule has 3 aromatic carbocycles. The van der Waals surface area contributed by atoms with Crippen LogP contribution in [0.4, 0.5) is 5.69 Å². The van der Waals surface area contributed by atoms with E-state index in [2.05, 4.69) is 16.0 Å². The third-order valence-electron chi connectivity index (χ3n) is 4.76. The number of carbonyl (C=O) groups excluding carboxylic acids is 3. The molecule has 0 bridgehead atoms. The number of carbonyl (C=O) groups is 3. The van der Waals surface area contributed by atoms with Crippen LogP contribution in [0.3, 0.4) is 0 Å². The van der Waals surface area contributed by atoms with Crippen molar-refractivity contribution < 1.29 is 14.4 Å². The van der Waals surface area contributed by atoms with E-state index in [0.29, 0.717) is 17.8 Å². The molecule has 3 N–H and O–H groups in total. The van der Waals surface area contributed by atoms with Crippen LogP contribution in [0, 0.1) is 6.92 Å². The van der Waals surface area contributed by atoms with Crippen LogP contribution in [-0.2, 0) is 16.1 Å². The summed E-state index contributed by atoms with van der Waals surface area (Å²) in [4.78, 5) is 37.4. The Balaban J connectivity index is 1.80. The second-order valence-electron chi connectivity index (χ2n) is 7.26.